The number of anilines is 1. The second kappa shape index (κ2) is 7.26. The molecule has 0 aliphatic carbocycles. The predicted octanol–water partition coefficient (Wildman–Crippen LogP) is 1.29. The van der Waals surface area contributed by atoms with Crippen LogP contribution in [-0.4, -0.2) is 41.0 Å². The van der Waals surface area contributed by atoms with E-state index in [0.717, 1.165) is 0 Å². The van der Waals surface area contributed by atoms with E-state index >= 15 is 0 Å². The molecule has 0 bridgehead atoms. The third-order valence-electron chi connectivity index (χ3n) is 2.69. The van der Waals surface area contributed by atoms with Crippen LogP contribution in [-0.2, 0) is 9.59 Å². The molecule has 1 aromatic rings. The van der Waals surface area contributed by atoms with Crippen molar-refractivity contribution in [2.24, 2.45) is 0 Å². The van der Waals surface area contributed by atoms with Crippen LogP contribution >= 0.6 is 0 Å². The summed E-state index contributed by atoms with van der Waals surface area (Å²) in [5.74, 6) is -1.28. The lowest BCUT2D eigenvalue weighted by atomic mass is 10.2. The van der Waals surface area contributed by atoms with E-state index in [1.165, 1.54) is 0 Å². The molecule has 0 aliphatic rings. The number of hydrogen-bond acceptors (Lipinski definition) is 4. The standard InChI is InChI=1S/C14H17N3O3/c1-10(2)17(9-14(19)20)8-13(18)16-12-5-3-4-11(6-12)7-15/h3-6,10H,8-9H2,1-2H3,(H,16,18)(H,19,20). The van der Waals surface area contributed by atoms with E-state index in [4.69, 9.17) is 10.4 Å². The molecule has 0 heterocycles. The molecule has 1 rings (SSSR count). The topological polar surface area (TPSA) is 93.4 Å². The lowest BCUT2D eigenvalue weighted by Gasteiger charge is -2.23. The van der Waals surface area contributed by atoms with Crippen molar-refractivity contribution in [3.63, 3.8) is 0 Å². The number of amides is 1. The Kier molecular flexibility index (Phi) is 5.69. The fourth-order valence-electron chi connectivity index (χ4n) is 1.65. The zero-order valence-electron chi connectivity index (χ0n) is 11.5. The van der Waals surface area contributed by atoms with Crippen LogP contribution in [0, 0.1) is 11.3 Å². The van der Waals surface area contributed by atoms with E-state index in [2.05, 4.69) is 5.32 Å². The summed E-state index contributed by atoms with van der Waals surface area (Å²) in [6, 6.07) is 8.49. The van der Waals surface area contributed by atoms with Crippen LogP contribution in [0.5, 0.6) is 0 Å². The number of aliphatic carboxylic acids is 1. The zero-order chi connectivity index (χ0) is 15.1. The second-order valence-electron chi connectivity index (χ2n) is 4.63. The molecular formula is C14H17N3O3. The van der Waals surface area contributed by atoms with Crippen LogP contribution in [0.3, 0.4) is 0 Å². The number of nitrogens with one attached hydrogen (secondary N) is 1. The number of carboxylic acid groups (broad SMARTS) is 1. The monoisotopic (exact) mass is 275 g/mol. The second-order valence-corrected chi connectivity index (χ2v) is 4.63. The van der Waals surface area contributed by atoms with Crippen LogP contribution in [0.4, 0.5) is 5.69 Å². The van der Waals surface area contributed by atoms with Gasteiger partial charge >= 0.3 is 5.97 Å². The van der Waals surface area contributed by atoms with E-state index in [9.17, 15) is 9.59 Å². The van der Waals surface area contributed by atoms with Crippen molar-refractivity contribution in [2.45, 2.75) is 19.9 Å². The summed E-state index contributed by atoms with van der Waals surface area (Å²) in [5, 5.41) is 20.2. The highest BCUT2D eigenvalue weighted by molar-refractivity contribution is 5.92. The largest absolute Gasteiger partial charge is 0.480 e. The molecule has 0 fully saturated rings. The Morgan fingerprint density at radius 2 is 2.10 bits per heavy atom. The lowest BCUT2D eigenvalue weighted by Crippen LogP contribution is -2.41. The van der Waals surface area contributed by atoms with Crippen molar-refractivity contribution < 1.29 is 14.7 Å². The molecule has 0 radical (unpaired) electrons. The molecule has 0 saturated carbocycles. The van der Waals surface area contributed by atoms with Gasteiger partial charge < -0.3 is 10.4 Å². The van der Waals surface area contributed by atoms with Gasteiger partial charge in [0.25, 0.3) is 0 Å². The molecule has 20 heavy (non-hydrogen) atoms. The number of hydrogen-bond donors (Lipinski definition) is 2. The minimum absolute atomic E-state index is 0.0131. The summed E-state index contributed by atoms with van der Waals surface area (Å²) >= 11 is 0. The van der Waals surface area contributed by atoms with E-state index < -0.39 is 5.97 Å². The summed E-state index contributed by atoms with van der Waals surface area (Å²) in [4.78, 5) is 24.2. The fourth-order valence-corrected chi connectivity index (χ4v) is 1.65. The number of nitriles is 1. The minimum Gasteiger partial charge on any atom is -0.480 e. The maximum absolute atomic E-state index is 11.9. The van der Waals surface area contributed by atoms with Gasteiger partial charge in [-0.2, -0.15) is 5.26 Å². The highest BCUT2D eigenvalue weighted by Crippen LogP contribution is 2.10. The first kappa shape index (κ1) is 15.7. The molecule has 0 atom stereocenters. The van der Waals surface area contributed by atoms with Gasteiger partial charge in [-0.05, 0) is 32.0 Å². The summed E-state index contributed by atoms with van der Waals surface area (Å²) in [6.07, 6.45) is 0. The van der Waals surface area contributed by atoms with Crippen LogP contribution in [0.15, 0.2) is 24.3 Å². The molecule has 6 nitrogen and oxygen atoms in total. The lowest BCUT2D eigenvalue weighted by molar-refractivity contribution is -0.139. The molecule has 106 valence electrons. The Labute approximate surface area is 117 Å². The molecule has 6 heteroatoms. The molecule has 2 N–H and O–H groups in total. The number of carbonyl (C=O) groups excluding carboxylic acids is 1. The third-order valence-corrected chi connectivity index (χ3v) is 2.69. The van der Waals surface area contributed by atoms with Crippen molar-refractivity contribution in [2.75, 3.05) is 18.4 Å². The van der Waals surface area contributed by atoms with Crippen molar-refractivity contribution >= 4 is 17.6 Å². The van der Waals surface area contributed by atoms with E-state index in [0.29, 0.717) is 11.3 Å². The highest BCUT2D eigenvalue weighted by atomic mass is 16.4. The van der Waals surface area contributed by atoms with Gasteiger partial charge in [-0.15, -0.1) is 0 Å². The van der Waals surface area contributed by atoms with Crippen molar-refractivity contribution in [1.29, 1.82) is 5.26 Å². The van der Waals surface area contributed by atoms with Gasteiger partial charge in [-0.1, -0.05) is 6.07 Å². The van der Waals surface area contributed by atoms with Gasteiger partial charge in [0, 0.05) is 11.7 Å². The summed E-state index contributed by atoms with van der Waals surface area (Å²) in [5.41, 5.74) is 0.974. The zero-order valence-corrected chi connectivity index (χ0v) is 11.5. The van der Waals surface area contributed by atoms with E-state index in [1.54, 1.807) is 29.2 Å². The Morgan fingerprint density at radius 1 is 1.40 bits per heavy atom. The number of nitrogens with zero attached hydrogens (tertiary/aromatic N) is 2. The average Bonchev–Trinajstić information content (AvgIpc) is 2.37. The molecular weight excluding hydrogens is 258 g/mol. The van der Waals surface area contributed by atoms with E-state index in [-0.39, 0.29) is 25.0 Å². The number of carbonyl (C=O) groups is 2. The Morgan fingerprint density at radius 3 is 2.65 bits per heavy atom. The Bertz CT molecular complexity index is 535. The first-order valence-electron chi connectivity index (χ1n) is 6.18. The number of benzene rings is 1. The minimum atomic E-state index is -0.974. The van der Waals surface area contributed by atoms with Crippen molar-refractivity contribution in [3.05, 3.63) is 29.8 Å². The SMILES string of the molecule is CC(C)N(CC(=O)O)CC(=O)Nc1cccc(C#N)c1. The van der Waals surface area contributed by atoms with Gasteiger partial charge in [-0.3, -0.25) is 14.5 Å². The number of rotatable bonds is 6. The normalized spacial score (nSPS) is 10.3. The Balaban J connectivity index is 2.65. The van der Waals surface area contributed by atoms with Gasteiger partial charge in [0.05, 0.1) is 24.7 Å². The molecule has 1 amide bonds. The Hall–Kier alpha value is -2.39. The van der Waals surface area contributed by atoms with Gasteiger partial charge in [0.1, 0.15) is 0 Å². The number of carboxylic acids is 1. The molecule has 0 saturated heterocycles. The van der Waals surface area contributed by atoms with Gasteiger partial charge in [0.15, 0.2) is 0 Å². The quantitative estimate of drug-likeness (QED) is 0.816. The van der Waals surface area contributed by atoms with Crippen molar-refractivity contribution in [3.8, 4) is 6.07 Å². The smallest absolute Gasteiger partial charge is 0.317 e. The third kappa shape index (κ3) is 5.08. The predicted molar refractivity (Wildman–Crippen MR) is 74.1 cm³/mol. The first-order valence-corrected chi connectivity index (χ1v) is 6.18. The highest BCUT2D eigenvalue weighted by Gasteiger charge is 2.17. The molecule has 0 spiro atoms. The molecule has 0 aromatic heterocycles. The molecule has 0 unspecified atom stereocenters. The van der Waals surface area contributed by atoms with Gasteiger partial charge in [0.2, 0.25) is 5.91 Å². The van der Waals surface area contributed by atoms with Crippen LogP contribution in [0.25, 0.3) is 0 Å². The van der Waals surface area contributed by atoms with Crippen LogP contribution in [0.1, 0.15) is 19.4 Å². The summed E-state index contributed by atoms with van der Waals surface area (Å²) in [7, 11) is 0. The van der Waals surface area contributed by atoms with E-state index in [1.807, 2.05) is 19.9 Å². The van der Waals surface area contributed by atoms with Crippen LogP contribution < -0.4 is 5.32 Å². The average molecular weight is 275 g/mol. The van der Waals surface area contributed by atoms with Gasteiger partial charge in [-0.25, -0.2) is 0 Å². The fraction of sp³-hybridized carbons (Fsp3) is 0.357. The molecule has 0 aliphatic heterocycles. The van der Waals surface area contributed by atoms with Crippen molar-refractivity contribution in [1.82, 2.24) is 4.90 Å². The summed E-state index contributed by atoms with van der Waals surface area (Å²) < 4.78 is 0. The maximum atomic E-state index is 11.9. The molecule has 1 aromatic carbocycles. The maximum Gasteiger partial charge on any atom is 0.317 e. The summed E-state index contributed by atoms with van der Waals surface area (Å²) in [6.45, 7) is 3.45. The first-order chi connectivity index (χ1) is 9.42. The van der Waals surface area contributed by atoms with Crippen LogP contribution in [0.2, 0.25) is 0 Å².